The summed E-state index contributed by atoms with van der Waals surface area (Å²) < 4.78 is 31.7. The highest BCUT2D eigenvalue weighted by molar-refractivity contribution is 5.90. The zero-order valence-electron chi connectivity index (χ0n) is 27.8. The van der Waals surface area contributed by atoms with E-state index < -0.39 is 88.6 Å². The summed E-state index contributed by atoms with van der Waals surface area (Å²) >= 11 is 0. The number of esters is 4. The Labute approximate surface area is 280 Å². The Morgan fingerprint density at radius 3 is 1.94 bits per heavy atom. The van der Waals surface area contributed by atoms with E-state index in [1.54, 1.807) is 73.7 Å². The van der Waals surface area contributed by atoms with Gasteiger partial charge in [0, 0.05) is 25.7 Å². The third-order valence-corrected chi connectivity index (χ3v) is 10.8. The van der Waals surface area contributed by atoms with Crippen LogP contribution in [-0.4, -0.2) is 71.2 Å². The van der Waals surface area contributed by atoms with E-state index in [1.807, 2.05) is 19.9 Å². The summed E-state index contributed by atoms with van der Waals surface area (Å²) in [5, 5.41) is 13.2. The molecule has 2 aromatic carbocycles. The van der Waals surface area contributed by atoms with Crippen molar-refractivity contribution in [2.75, 3.05) is 6.61 Å². The normalized spacial score (nSPS) is 37.7. The molecule has 10 nitrogen and oxygen atoms in total. The van der Waals surface area contributed by atoms with Crippen LogP contribution in [0, 0.1) is 29.1 Å². The molecule has 0 aromatic heterocycles. The lowest BCUT2D eigenvalue weighted by Crippen LogP contribution is -2.63. The summed E-state index contributed by atoms with van der Waals surface area (Å²) in [7, 11) is 0. The van der Waals surface area contributed by atoms with E-state index in [2.05, 4.69) is 6.58 Å². The van der Waals surface area contributed by atoms with Crippen molar-refractivity contribution in [3.63, 3.8) is 0 Å². The van der Waals surface area contributed by atoms with Crippen LogP contribution in [0.25, 0.3) is 0 Å². The van der Waals surface area contributed by atoms with Gasteiger partial charge in [-0.2, -0.15) is 0 Å². The standard InChI is InChI=1S/C38H42O10/c1-21(2)27-17-18-28(45-23(4)39)37-20-44-36(6,31(27)37)35(48-34(42)26-15-11-8-12-16-26)38(43)19-22(3)30(46-24(5)40)29(38)32(37)47-33(41)25-13-9-7-10-14-25/h7-18,22,27-32,35,43H,1,19-20H2,2-6H3. The van der Waals surface area contributed by atoms with Crippen LogP contribution in [0.2, 0.25) is 0 Å². The molecular formula is C38H42O10. The van der Waals surface area contributed by atoms with Crippen LogP contribution < -0.4 is 0 Å². The van der Waals surface area contributed by atoms with Crippen molar-refractivity contribution in [1.29, 1.82) is 0 Å². The maximum absolute atomic E-state index is 14.1. The molecule has 48 heavy (non-hydrogen) atoms. The van der Waals surface area contributed by atoms with E-state index in [9.17, 15) is 24.3 Å². The van der Waals surface area contributed by atoms with Crippen molar-refractivity contribution in [3.8, 4) is 0 Å². The number of aliphatic hydroxyl groups is 1. The van der Waals surface area contributed by atoms with E-state index >= 15 is 0 Å². The predicted octanol–water partition coefficient (Wildman–Crippen LogP) is 4.86. The van der Waals surface area contributed by atoms with Crippen LogP contribution in [0.5, 0.6) is 0 Å². The van der Waals surface area contributed by atoms with Gasteiger partial charge in [-0.05, 0) is 56.5 Å². The first-order valence-electron chi connectivity index (χ1n) is 16.3. The van der Waals surface area contributed by atoms with Gasteiger partial charge in [0.05, 0.1) is 29.1 Å². The molecule has 1 heterocycles. The van der Waals surface area contributed by atoms with Crippen molar-refractivity contribution < 1.29 is 48.0 Å². The topological polar surface area (TPSA) is 135 Å². The Kier molecular flexibility index (Phi) is 8.62. The van der Waals surface area contributed by atoms with Gasteiger partial charge in [-0.15, -0.1) is 0 Å². The van der Waals surface area contributed by atoms with Crippen molar-refractivity contribution in [2.45, 2.75) is 76.7 Å². The minimum atomic E-state index is -1.94. The van der Waals surface area contributed by atoms with Crippen LogP contribution in [0.4, 0.5) is 0 Å². The van der Waals surface area contributed by atoms with E-state index in [-0.39, 0.29) is 24.2 Å². The summed E-state index contributed by atoms with van der Waals surface area (Å²) in [6.45, 7) is 12.2. The second-order valence-corrected chi connectivity index (χ2v) is 14.0. The lowest BCUT2D eigenvalue weighted by molar-refractivity contribution is -0.222. The first-order valence-corrected chi connectivity index (χ1v) is 16.3. The van der Waals surface area contributed by atoms with E-state index in [0.29, 0.717) is 0 Å². The SMILES string of the molecule is C=C(C)C1C=CC(OC(C)=O)C23COC(C)(C(OC(=O)c4ccccc4)C4(O)CC(C)C(OC(C)=O)C4C2OC(=O)c2ccccc2)C13. The fourth-order valence-electron chi connectivity index (χ4n) is 9.13. The minimum absolute atomic E-state index is 0.0207. The van der Waals surface area contributed by atoms with Gasteiger partial charge in [0.1, 0.15) is 29.5 Å². The summed E-state index contributed by atoms with van der Waals surface area (Å²) in [6.07, 6.45) is -0.902. The van der Waals surface area contributed by atoms with Crippen molar-refractivity contribution in [1.82, 2.24) is 0 Å². The largest absolute Gasteiger partial charge is 0.462 e. The van der Waals surface area contributed by atoms with E-state index in [0.717, 1.165) is 5.57 Å². The molecule has 3 aliphatic carbocycles. The number of hydrogen-bond donors (Lipinski definition) is 1. The molecule has 2 aromatic rings. The third kappa shape index (κ3) is 5.26. The van der Waals surface area contributed by atoms with Crippen LogP contribution in [0.15, 0.2) is 85.0 Å². The van der Waals surface area contributed by atoms with E-state index in [4.69, 9.17) is 23.7 Å². The molecule has 0 radical (unpaired) electrons. The minimum Gasteiger partial charge on any atom is -0.462 e. The Bertz CT molecular complexity index is 1640. The predicted molar refractivity (Wildman–Crippen MR) is 172 cm³/mol. The highest BCUT2D eigenvalue weighted by Crippen LogP contribution is 2.68. The van der Waals surface area contributed by atoms with Gasteiger partial charge in [-0.25, -0.2) is 9.59 Å². The zero-order chi connectivity index (χ0) is 34.6. The maximum Gasteiger partial charge on any atom is 0.338 e. The van der Waals surface area contributed by atoms with Gasteiger partial charge in [-0.3, -0.25) is 9.59 Å². The van der Waals surface area contributed by atoms with Gasteiger partial charge >= 0.3 is 23.9 Å². The first kappa shape index (κ1) is 33.6. The number of ether oxygens (including phenoxy) is 5. The number of benzene rings is 2. The molecule has 11 unspecified atom stereocenters. The fourth-order valence-corrected chi connectivity index (χ4v) is 9.13. The highest BCUT2D eigenvalue weighted by Gasteiger charge is 2.80. The summed E-state index contributed by atoms with van der Waals surface area (Å²) in [4.78, 5) is 53.3. The number of fused-ring (bicyclic) bond motifs is 1. The van der Waals surface area contributed by atoms with Crippen LogP contribution >= 0.6 is 0 Å². The van der Waals surface area contributed by atoms with Crippen molar-refractivity contribution in [3.05, 3.63) is 96.1 Å². The molecular weight excluding hydrogens is 616 g/mol. The molecule has 2 saturated carbocycles. The zero-order valence-corrected chi connectivity index (χ0v) is 27.8. The Hall–Kier alpha value is -4.28. The van der Waals surface area contributed by atoms with Gasteiger partial charge in [-0.1, -0.05) is 61.5 Å². The molecule has 3 fully saturated rings. The molecule has 0 amide bonds. The van der Waals surface area contributed by atoms with Crippen LogP contribution in [0.3, 0.4) is 0 Å². The third-order valence-electron chi connectivity index (χ3n) is 10.8. The monoisotopic (exact) mass is 658 g/mol. The second-order valence-electron chi connectivity index (χ2n) is 14.0. The molecule has 10 heteroatoms. The lowest BCUT2D eigenvalue weighted by atomic mass is 9.55. The maximum atomic E-state index is 14.1. The first-order chi connectivity index (χ1) is 22.7. The Balaban J connectivity index is 1.63. The average Bonchev–Trinajstić information content (AvgIpc) is 3.48. The number of rotatable bonds is 7. The molecule has 6 rings (SSSR count). The number of carbonyl (C=O) groups excluding carboxylic acids is 4. The molecule has 2 bridgehead atoms. The molecule has 1 aliphatic heterocycles. The quantitative estimate of drug-likeness (QED) is 0.250. The number of hydrogen-bond acceptors (Lipinski definition) is 10. The van der Waals surface area contributed by atoms with Gasteiger partial charge in [0.15, 0.2) is 6.10 Å². The van der Waals surface area contributed by atoms with Crippen LogP contribution in [0.1, 0.15) is 61.8 Å². The number of allylic oxidation sites excluding steroid dienone is 2. The molecule has 4 aliphatic rings. The molecule has 1 N–H and O–H groups in total. The fraction of sp³-hybridized carbons (Fsp3) is 0.474. The van der Waals surface area contributed by atoms with Gasteiger partial charge in [0.2, 0.25) is 0 Å². The molecule has 11 atom stereocenters. The van der Waals surface area contributed by atoms with Gasteiger partial charge in [0.25, 0.3) is 0 Å². The van der Waals surface area contributed by atoms with Crippen LogP contribution in [-0.2, 0) is 33.3 Å². The Morgan fingerprint density at radius 1 is 0.833 bits per heavy atom. The number of carbonyl (C=O) groups is 4. The Morgan fingerprint density at radius 2 is 1.40 bits per heavy atom. The summed E-state index contributed by atoms with van der Waals surface area (Å²) in [5.74, 6) is -5.25. The summed E-state index contributed by atoms with van der Waals surface area (Å²) in [6, 6.07) is 16.8. The van der Waals surface area contributed by atoms with Crippen molar-refractivity contribution >= 4 is 23.9 Å². The summed E-state index contributed by atoms with van der Waals surface area (Å²) in [5.41, 5.74) is -3.44. The average molecular weight is 659 g/mol. The lowest BCUT2D eigenvalue weighted by Gasteiger charge is -2.51. The van der Waals surface area contributed by atoms with Crippen molar-refractivity contribution in [2.24, 2.45) is 29.1 Å². The highest BCUT2D eigenvalue weighted by atomic mass is 16.6. The molecule has 1 saturated heterocycles. The van der Waals surface area contributed by atoms with Gasteiger partial charge < -0.3 is 28.8 Å². The smallest absolute Gasteiger partial charge is 0.338 e. The van der Waals surface area contributed by atoms with E-state index in [1.165, 1.54) is 13.8 Å². The molecule has 254 valence electrons. The molecule has 0 spiro atoms. The second kappa shape index (κ2) is 12.3.